The smallest absolute Gasteiger partial charge is 0.213 e. The quantitative estimate of drug-likeness (QED) is 0.678. The molecule has 0 fully saturated rings. The van der Waals surface area contributed by atoms with Crippen LogP contribution in [0.2, 0.25) is 0 Å². The van der Waals surface area contributed by atoms with Crippen LogP contribution in [0.1, 0.15) is 28.8 Å². The van der Waals surface area contributed by atoms with Crippen LogP contribution in [0.25, 0.3) is 16.2 Å². The van der Waals surface area contributed by atoms with E-state index in [-0.39, 0.29) is 0 Å². The zero-order chi connectivity index (χ0) is 14.8. The van der Waals surface area contributed by atoms with Gasteiger partial charge in [-0.1, -0.05) is 18.3 Å². The lowest BCUT2D eigenvalue weighted by molar-refractivity contribution is 0.111. The van der Waals surface area contributed by atoms with Gasteiger partial charge in [-0.25, -0.2) is 4.98 Å². The van der Waals surface area contributed by atoms with Gasteiger partial charge in [0.15, 0.2) is 6.29 Å². The maximum absolute atomic E-state index is 11.4. The van der Waals surface area contributed by atoms with E-state index in [0.29, 0.717) is 18.0 Å². The fourth-order valence-electron chi connectivity index (χ4n) is 2.11. The number of aromatic nitrogens is 3. The summed E-state index contributed by atoms with van der Waals surface area (Å²) < 4.78 is 7.16. The van der Waals surface area contributed by atoms with Crippen molar-refractivity contribution in [2.75, 3.05) is 6.61 Å². The summed E-state index contributed by atoms with van der Waals surface area (Å²) in [6.45, 7) is 4.66. The number of benzene rings is 1. The topological polar surface area (TPSA) is 56.5 Å². The second kappa shape index (κ2) is 5.65. The molecule has 3 aromatic rings. The molecule has 6 heteroatoms. The maximum atomic E-state index is 11.4. The molecule has 0 spiro atoms. The summed E-state index contributed by atoms with van der Waals surface area (Å²) in [4.78, 5) is 16.6. The van der Waals surface area contributed by atoms with Crippen molar-refractivity contribution in [1.29, 1.82) is 0 Å². The van der Waals surface area contributed by atoms with Crippen LogP contribution in [0.15, 0.2) is 24.3 Å². The highest BCUT2D eigenvalue weighted by Gasteiger charge is 2.16. The lowest BCUT2D eigenvalue weighted by atomic mass is 10.1. The average Bonchev–Trinajstić information content (AvgIpc) is 3.01. The number of aryl methyl sites for hydroxylation is 1. The van der Waals surface area contributed by atoms with Crippen molar-refractivity contribution < 1.29 is 9.53 Å². The summed E-state index contributed by atoms with van der Waals surface area (Å²) in [5, 5.41) is 5.19. The lowest BCUT2D eigenvalue weighted by Crippen LogP contribution is -1.95. The van der Waals surface area contributed by atoms with E-state index in [1.165, 1.54) is 11.3 Å². The van der Waals surface area contributed by atoms with Gasteiger partial charge in [0.1, 0.15) is 22.1 Å². The Balaban J connectivity index is 1.99. The zero-order valence-corrected chi connectivity index (χ0v) is 12.7. The number of hydrogen-bond acceptors (Lipinski definition) is 5. The number of rotatable bonds is 5. The van der Waals surface area contributed by atoms with Crippen LogP contribution in [0.4, 0.5) is 0 Å². The Morgan fingerprint density at radius 1 is 1.33 bits per heavy atom. The summed E-state index contributed by atoms with van der Waals surface area (Å²) in [5.74, 6) is 0.822. The van der Waals surface area contributed by atoms with E-state index in [2.05, 4.69) is 17.0 Å². The zero-order valence-electron chi connectivity index (χ0n) is 11.9. The molecule has 0 atom stereocenters. The summed E-state index contributed by atoms with van der Waals surface area (Å²) in [6.07, 6.45) is 1.77. The van der Waals surface area contributed by atoms with Gasteiger partial charge in [-0.2, -0.15) is 9.61 Å². The summed E-state index contributed by atoms with van der Waals surface area (Å²) >= 11 is 1.47. The van der Waals surface area contributed by atoms with Gasteiger partial charge >= 0.3 is 0 Å². The van der Waals surface area contributed by atoms with Crippen molar-refractivity contribution in [2.24, 2.45) is 0 Å². The van der Waals surface area contributed by atoms with Crippen molar-refractivity contribution in [2.45, 2.75) is 20.3 Å². The number of aldehydes is 1. The van der Waals surface area contributed by atoms with Crippen LogP contribution in [0.5, 0.6) is 5.75 Å². The molecule has 0 saturated carbocycles. The molecule has 0 saturated heterocycles. The number of carbonyl (C=O) groups excluding carboxylic acids is 1. The molecule has 0 aliphatic rings. The van der Waals surface area contributed by atoms with E-state index in [9.17, 15) is 4.79 Å². The minimum atomic E-state index is 0.483. The Bertz CT molecular complexity index is 774. The summed E-state index contributed by atoms with van der Waals surface area (Å²) in [6, 6.07) is 7.62. The van der Waals surface area contributed by atoms with E-state index in [4.69, 9.17) is 4.74 Å². The third-order valence-corrected chi connectivity index (χ3v) is 3.88. The van der Waals surface area contributed by atoms with Crippen LogP contribution in [0, 0.1) is 6.92 Å². The number of imidazole rings is 1. The van der Waals surface area contributed by atoms with Crippen LogP contribution in [-0.4, -0.2) is 27.5 Å². The molecule has 108 valence electrons. The molecule has 5 nitrogen and oxygen atoms in total. The molecule has 0 N–H and O–H groups in total. The summed E-state index contributed by atoms with van der Waals surface area (Å²) in [7, 11) is 0. The molecule has 0 bridgehead atoms. The second-order valence-electron chi connectivity index (χ2n) is 4.65. The van der Waals surface area contributed by atoms with Gasteiger partial charge in [-0.05, 0) is 37.6 Å². The first-order valence-electron chi connectivity index (χ1n) is 6.77. The van der Waals surface area contributed by atoms with E-state index in [1.54, 1.807) is 4.52 Å². The van der Waals surface area contributed by atoms with Crippen LogP contribution >= 0.6 is 11.3 Å². The van der Waals surface area contributed by atoms with Crippen molar-refractivity contribution in [3.05, 3.63) is 35.0 Å². The number of fused-ring (bicyclic) bond motifs is 1. The minimum absolute atomic E-state index is 0.483. The maximum Gasteiger partial charge on any atom is 0.213 e. The van der Waals surface area contributed by atoms with Gasteiger partial charge in [0, 0.05) is 5.56 Å². The molecule has 0 amide bonds. The highest BCUT2D eigenvalue weighted by atomic mass is 32.1. The monoisotopic (exact) mass is 301 g/mol. The normalized spacial score (nSPS) is 11.0. The standard InChI is InChI=1S/C15H15N3O2S/c1-3-8-20-12-6-4-11(5-7-12)14-13(9-19)18-15(16-14)21-10(2)17-18/h4-7,9H,3,8H2,1-2H3. The number of carbonyl (C=O) groups is 1. The number of nitrogens with zero attached hydrogens (tertiary/aromatic N) is 3. The van der Waals surface area contributed by atoms with Crippen LogP contribution in [-0.2, 0) is 0 Å². The second-order valence-corrected chi connectivity index (χ2v) is 5.81. The Labute approximate surface area is 126 Å². The predicted molar refractivity (Wildman–Crippen MR) is 82.2 cm³/mol. The first-order valence-corrected chi connectivity index (χ1v) is 7.59. The van der Waals surface area contributed by atoms with E-state index >= 15 is 0 Å². The molecule has 3 rings (SSSR count). The van der Waals surface area contributed by atoms with Gasteiger partial charge in [0.2, 0.25) is 4.96 Å². The largest absolute Gasteiger partial charge is 0.494 e. The van der Waals surface area contributed by atoms with Gasteiger partial charge < -0.3 is 4.74 Å². The van der Waals surface area contributed by atoms with Gasteiger partial charge in [0.25, 0.3) is 0 Å². The van der Waals surface area contributed by atoms with Crippen LogP contribution in [0.3, 0.4) is 0 Å². The molecule has 21 heavy (non-hydrogen) atoms. The Hall–Kier alpha value is -2.21. The molecule has 2 heterocycles. The van der Waals surface area contributed by atoms with Gasteiger partial charge in [0.05, 0.1) is 6.61 Å². The first kappa shape index (κ1) is 13.8. The predicted octanol–water partition coefficient (Wildman–Crippen LogP) is 3.37. The molecular weight excluding hydrogens is 286 g/mol. The fourth-order valence-corrected chi connectivity index (χ4v) is 2.86. The molecule has 1 aromatic carbocycles. The molecule has 0 radical (unpaired) electrons. The van der Waals surface area contributed by atoms with Crippen LogP contribution < -0.4 is 4.74 Å². The van der Waals surface area contributed by atoms with Crippen molar-refractivity contribution in [3.8, 4) is 17.0 Å². The molecule has 2 aromatic heterocycles. The Morgan fingerprint density at radius 3 is 2.76 bits per heavy atom. The molecule has 0 aliphatic heterocycles. The Kier molecular flexibility index (Phi) is 3.70. The SMILES string of the molecule is CCCOc1ccc(-c2nc3sc(C)nn3c2C=O)cc1. The summed E-state index contributed by atoms with van der Waals surface area (Å²) in [5.41, 5.74) is 2.03. The van der Waals surface area contributed by atoms with E-state index < -0.39 is 0 Å². The highest BCUT2D eigenvalue weighted by molar-refractivity contribution is 7.16. The van der Waals surface area contributed by atoms with E-state index in [1.807, 2.05) is 31.2 Å². The van der Waals surface area contributed by atoms with Gasteiger partial charge in [-0.15, -0.1) is 0 Å². The average molecular weight is 301 g/mol. The first-order chi connectivity index (χ1) is 10.2. The van der Waals surface area contributed by atoms with E-state index in [0.717, 1.165) is 34.0 Å². The molecular formula is C15H15N3O2S. The van der Waals surface area contributed by atoms with Crippen molar-refractivity contribution in [1.82, 2.24) is 14.6 Å². The Morgan fingerprint density at radius 2 is 2.10 bits per heavy atom. The fraction of sp³-hybridized carbons (Fsp3) is 0.267. The number of ether oxygens (including phenoxy) is 1. The molecule has 0 aliphatic carbocycles. The lowest BCUT2D eigenvalue weighted by Gasteiger charge is -2.05. The minimum Gasteiger partial charge on any atom is -0.494 e. The third-order valence-electron chi connectivity index (χ3n) is 3.05. The molecule has 0 unspecified atom stereocenters. The van der Waals surface area contributed by atoms with Gasteiger partial charge in [-0.3, -0.25) is 4.79 Å². The van der Waals surface area contributed by atoms with Crippen molar-refractivity contribution >= 4 is 22.6 Å². The highest BCUT2D eigenvalue weighted by Crippen LogP contribution is 2.27. The third kappa shape index (κ3) is 2.54. The van der Waals surface area contributed by atoms with Crippen molar-refractivity contribution in [3.63, 3.8) is 0 Å². The number of hydrogen-bond donors (Lipinski definition) is 0.